The van der Waals surface area contributed by atoms with Gasteiger partial charge in [0.15, 0.2) is 0 Å². The summed E-state index contributed by atoms with van der Waals surface area (Å²) < 4.78 is 12.9. The quantitative estimate of drug-likeness (QED) is 0.436. The highest BCUT2D eigenvalue weighted by Gasteiger charge is 2.33. The lowest BCUT2D eigenvalue weighted by atomic mass is 9.76. The Morgan fingerprint density at radius 2 is 1.73 bits per heavy atom. The molecule has 0 amide bonds. The molecule has 174 valence electrons. The SMILES string of the molecule is COc1ccc2ccc(=O)n(CCCC3(C=O)CCN(CCOc4ccccc4)CC3)c2c1. The minimum absolute atomic E-state index is 0.0239. The number of hydrogen-bond acceptors (Lipinski definition) is 5. The number of aldehydes is 1. The van der Waals surface area contributed by atoms with Crippen molar-refractivity contribution in [1.29, 1.82) is 0 Å². The van der Waals surface area contributed by atoms with Crippen LogP contribution in [0.4, 0.5) is 0 Å². The van der Waals surface area contributed by atoms with E-state index in [9.17, 15) is 9.59 Å². The second kappa shape index (κ2) is 10.7. The van der Waals surface area contributed by atoms with Crippen molar-refractivity contribution in [3.63, 3.8) is 0 Å². The number of ether oxygens (including phenoxy) is 2. The lowest BCUT2D eigenvalue weighted by molar-refractivity contribution is -0.119. The van der Waals surface area contributed by atoms with Crippen LogP contribution < -0.4 is 15.0 Å². The molecule has 1 aliphatic heterocycles. The third-order valence-electron chi connectivity index (χ3n) is 6.78. The van der Waals surface area contributed by atoms with E-state index in [4.69, 9.17) is 9.47 Å². The van der Waals surface area contributed by atoms with E-state index in [0.29, 0.717) is 13.2 Å². The largest absolute Gasteiger partial charge is 0.497 e. The number of carbonyl (C=O) groups is 1. The van der Waals surface area contributed by atoms with Gasteiger partial charge in [-0.15, -0.1) is 0 Å². The molecule has 2 heterocycles. The van der Waals surface area contributed by atoms with E-state index in [2.05, 4.69) is 4.90 Å². The maximum Gasteiger partial charge on any atom is 0.251 e. The number of nitrogens with zero attached hydrogens (tertiary/aromatic N) is 2. The molecule has 0 N–H and O–H groups in total. The van der Waals surface area contributed by atoms with Gasteiger partial charge in [-0.2, -0.15) is 0 Å². The lowest BCUT2D eigenvalue weighted by Crippen LogP contribution is -2.42. The summed E-state index contributed by atoms with van der Waals surface area (Å²) in [5, 5.41) is 1.01. The zero-order valence-electron chi connectivity index (χ0n) is 19.2. The molecule has 0 unspecified atom stereocenters. The molecule has 0 atom stereocenters. The average Bonchev–Trinajstić information content (AvgIpc) is 2.86. The monoisotopic (exact) mass is 448 g/mol. The maximum absolute atomic E-state index is 12.5. The molecule has 3 aromatic rings. The van der Waals surface area contributed by atoms with Gasteiger partial charge in [0, 0.05) is 30.6 Å². The maximum atomic E-state index is 12.5. The number of aryl methyl sites for hydroxylation is 1. The highest BCUT2D eigenvalue weighted by Crippen LogP contribution is 2.34. The topological polar surface area (TPSA) is 60.8 Å². The first-order chi connectivity index (χ1) is 16.1. The highest BCUT2D eigenvalue weighted by molar-refractivity contribution is 5.80. The minimum Gasteiger partial charge on any atom is -0.497 e. The van der Waals surface area contributed by atoms with Gasteiger partial charge < -0.3 is 18.8 Å². The number of carbonyl (C=O) groups excluding carboxylic acids is 1. The first-order valence-electron chi connectivity index (χ1n) is 11.7. The van der Waals surface area contributed by atoms with Crippen LogP contribution in [-0.4, -0.2) is 49.1 Å². The van der Waals surface area contributed by atoms with Gasteiger partial charge in [-0.05, 0) is 74.5 Å². The smallest absolute Gasteiger partial charge is 0.251 e. The van der Waals surface area contributed by atoms with Gasteiger partial charge in [-0.3, -0.25) is 9.69 Å². The number of para-hydroxylation sites is 1. The zero-order valence-corrected chi connectivity index (χ0v) is 19.2. The predicted octanol–water partition coefficient (Wildman–Crippen LogP) is 4.15. The average molecular weight is 449 g/mol. The minimum atomic E-state index is -0.303. The van der Waals surface area contributed by atoms with E-state index >= 15 is 0 Å². The predicted molar refractivity (Wildman–Crippen MR) is 130 cm³/mol. The molecule has 6 heteroatoms. The fourth-order valence-electron chi connectivity index (χ4n) is 4.67. The fourth-order valence-corrected chi connectivity index (χ4v) is 4.67. The van der Waals surface area contributed by atoms with Crippen molar-refractivity contribution in [2.45, 2.75) is 32.2 Å². The molecule has 0 radical (unpaired) electrons. The Labute approximate surface area is 194 Å². The Hall–Kier alpha value is -3.12. The Kier molecular flexibility index (Phi) is 7.45. The first-order valence-corrected chi connectivity index (χ1v) is 11.7. The summed E-state index contributed by atoms with van der Waals surface area (Å²) in [6.45, 7) is 3.88. The van der Waals surface area contributed by atoms with Gasteiger partial charge in [0.25, 0.3) is 5.56 Å². The van der Waals surface area contributed by atoms with Gasteiger partial charge in [-0.25, -0.2) is 0 Å². The highest BCUT2D eigenvalue weighted by atomic mass is 16.5. The number of likely N-dealkylation sites (tertiary alicyclic amines) is 1. The number of methoxy groups -OCH3 is 1. The third-order valence-corrected chi connectivity index (χ3v) is 6.78. The summed E-state index contributed by atoms with van der Waals surface area (Å²) >= 11 is 0. The molecule has 1 aliphatic rings. The third kappa shape index (κ3) is 5.63. The van der Waals surface area contributed by atoms with Crippen molar-refractivity contribution in [2.75, 3.05) is 33.4 Å². The fraction of sp³-hybridized carbons (Fsp3) is 0.407. The summed E-state index contributed by atoms with van der Waals surface area (Å²) in [4.78, 5) is 27.0. The number of fused-ring (bicyclic) bond motifs is 1. The number of aromatic nitrogens is 1. The van der Waals surface area contributed by atoms with E-state index in [1.54, 1.807) is 17.7 Å². The Morgan fingerprint density at radius 3 is 2.45 bits per heavy atom. The van der Waals surface area contributed by atoms with Crippen molar-refractivity contribution in [1.82, 2.24) is 9.47 Å². The van der Waals surface area contributed by atoms with Gasteiger partial charge in [-0.1, -0.05) is 18.2 Å². The lowest BCUT2D eigenvalue weighted by Gasteiger charge is -2.38. The van der Waals surface area contributed by atoms with Crippen LogP contribution in [0, 0.1) is 5.41 Å². The van der Waals surface area contributed by atoms with Crippen molar-refractivity contribution in [3.8, 4) is 11.5 Å². The van der Waals surface area contributed by atoms with Crippen LogP contribution in [0.2, 0.25) is 0 Å². The standard InChI is InChI=1S/C27H32N2O4/c1-32-24-10-8-22-9-11-26(31)29(25(22)20-24)15-5-12-27(21-30)13-16-28(17-14-27)18-19-33-23-6-3-2-4-7-23/h2-4,6-11,20-21H,5,12-19H2,1H3. The molecule has 0 saturated carbocycles. The Morgan fingerprint density at radius 1 is 0.970 bits per heavy atom. The Balaban J connectivity index is 1.31. The second-order valence-corrected chi connectivity index (χ2v) is 8.83. The molecule has 4 rings (SSSR count). The Bertz CT molecular complexity index is 1120. The van der Waals surface area contributed by atoms with Gasteiger partial charge >= 0.3 is 0 Å². The molecular formula is C27H32N2O4. The molecule has 0 bridgehead atoms. The van der Waals surface area contributed by atoms with E-state index in [1.165, 1.54) is 0 Å². The van der Waals surface area contributed by atoms with Crippen LogP contribution in [0.25, 0.3) is 10.9 Å². The summed E-state index contributed by atoms with van der Waals surface area (Å²) in [7, 11) is 1.63. The van der Waals surface area contributed by atoms with Crippen molar-refractivity contribution < 1.29 is 14.3 Å². The number of hydrogen-bond donors (Lipinski definition) is 0. The summed E-state index contributed by atoms with van der Waals surface area (Å²) in [5.74, 6) is 1.62. The van der Waals surface area contributed by atoms with Crippen molar-refractivity contribution in [2.24, 2.45) is 5.41 Å². The molecule has 0 spiro atoms. The van der Waals surface area contributed by atoms with Crippen molar-refractivity contribution >= 4 is 17.2 Å². The summed E-state index contributed by atoms with van der Waals surface area (Å²) in [5.41, 5.74) is 0.544. The molecule has 1 saturated heterocycles. The van der Waals surface area contributed by atoms with Crippen LogP contribution in [0.1, 0.15) is 25.7 Å². The van der Waals surface area contributed by atoms with Crippen LogP contribution in [0.3, 0.4) is 0 Å². The van der Waals surface area contributed by atoms with Crippen LogP contribution in [0.5, 0.6) is 11.5 Å². The molecule has 0 aliphatic carbocycles. The van der Waals surface area contributed by atoms with Gasteiger partial charge in [0.2, 0.25) is 0 Å². The molecule has 1 fully saturated rings. The van der Waals surface area contributed by atoms with E-state index < -0.39 is 0 Å². The number of rotatable bonds is 10. The molecule has 2 aromatic carbocycles. The van der Waals surface area contributed by atoms with Gasteiger partial charge in [0.05, 0.1) is 12.6 Å². The van der Waals surface area contributed by atoms with E-state index in [-0.39, 0.29) is 11.0 Å². The van der Waals surface area contributed by atoms with E-state index in [0.717, 1.165) is 74.0 Å². The number of benzene rings is 2. The number of pyridine rings is 1. The van der Waals surface area contributed by atoms with Crippen LogP contribution in [-0.2, 0) is 11.3 Å². The summed E-state index contributed by atoms with van der Waals surface area (Å²) in [6, 6.07) is 19.1. The normalized spacial score (nSPS) is 15.9. The molecular weight excluding hydrogens is 416 g/mol. The number of piperidine rings is 1. The van der Waals surface area contributed by atoms with Crippen LogP contribution in [0.15, 0.2) is 65.5 Å². The molecule has 6 nitrogen and oxygen atoms in total. The zero-order chi connectivity index (χ0) is 23.1. The van der Waals surface area contributed by atoms with Crippen LogP contribution >= 0.6 is 0 Å². The first kappa shape index (κ1) is 23.1. The molecule has 33 heavy (non-hydrogen) atoms. The molecule has 1 aromatic heterocycles. The van der Waals surface area contributed by atoms with E-state index in [1.807, 2.05) is 54.6 Å². The van der Waals surface area contributed by atoms with Crippen molar-refractivity contribution in [3.05, 3.63) is 71.0 Å². The summed E-state index contributed by atoms with van der Waals surface area (Å²) in [6.07, 6.45) is 4.42. The second-order valence-electron chi connectivity index (χ2n) is 8.83. The van der Waals surface area contributed by atoms with Gasteiger partial charge in [0.1, 0.15) is 24.4 Å².